The monoisotopic (exact) mass is 358 g/mol. The molecule has 6 nitrogen and oxygen atoms in total. The second-order valence-corrected chi connectivity index (χ2v) is 7.38. The van der Waals surface area contributed by atoms with Gasteiger partial charge < -0.3 is 4.74 Å². The van der Waals surface area contributed by atoms with Crippen LogP contribution in [0.4, 0.5) is 0 Å². The second kappa shape index (κ2) is 9.48. The van der Waals surface area contributed by atoms with Gasteiger partial charge >= 0.3 is 5.97 Å². The Morgan fingerprint density at radius 1 is 1.12 bits per heavy atom. The maximum atomic E-state index is 12.2. The van der Waals surface area contributed by atoms with E-state index in [1.165, 1.54) is 0 Å². The Morgan fingerprint density at radius 3 is 2.38 bits per heavy atom. The number of aromatic nitrogens is 3. The number of carbonyl (C=O) groups excluding carboxylic acids is 1. The third kappa shape index (κ3) is 5.39. The lowest BCUT2D eigenvalue weighted by Crippen LogP contribution is -2.31. The smallest absolute Gasteiger partial charge is 0.361 e. The number of H-pyrrole nitrogens is 1. The highest BCUT2D eigenvalue weighted by atomic mass is 16.5. The first kappa shape index (κ1) is 20.1. The quantitative estimate of drug-likeness (QED) is 0.691. The van der Waals surface area contributed by atoms with Gasteiger partial charge in [0.25, 0.3) is 0 Å². The first-order chi connectivity index (χ1) is 12.4. The molecule has 26 heavy (non-hydrogen) atoms. The first-order valence-corrected chi connectivity index (χ1v) is 9.30. The Hall–Kier alpha value is -2.21. The van der Waals surface area contributed by atoms with Crippen molar-refractivity contribution in [1.82, 2.24) is 20.3 Å². The molecule has 0 saturated heterocycles. The molecular weight excluding hydrogens is 328 g/mol. The molecule has 142 valence electrons. The Bertz CT molecular complexity index is 699. The predicted octanol–water partition coefficient (Wildman–Crippen LogP) is 3.76. The van der Waals surface area contributed by atoms with Crippen LogP contribution in [0, 0.1) is 11.8 Å². The minimum absolute atomic E-state index is 0.235. The number of nitrogens with zero attached hydrogens (tertiary/aromatic N) is 3. The van der Waals surface area contributed by atoms with Gasteiger partial charge in [-0.1, -0.05) is 52.0 Å². The number of hydrogen-bond acceptors (Lipinski definition) is 5. The van der Waals surface area contributed by atoms with Gasteiger partial charge in [-0.2, -0.15) is 10.3 Å². The van der Waals surface area contributed by atoms with Crippen molar-refractivity contribution in [1.29, 1.82) is 0 Å². The number of esters is 1. The van der Waals surface area contributed by atoms with E-state index in [2.05, 4.69) is 54.1 Å². The van der Waals surface area contributed by atoms with Crippen LogP contribution < -0.4 is 0 Å². The Morgan fingerprint density at radius 2 is 1.77 bits per heavy atom. The number of carbonyl (C=O) groups is 1. The van der Waals surface area contributed by atoms with Crippen LogP contribution in [-0.4, -0.2) is 46.0 Å². The molecule has 0 aliphatic heterocycles. The minimum Gasteiger partial charge on any atom is -0.461 e. The van der Waals surface area contributed by atoms with E-state index in [1.54, 1.807) is 6.92 Å². The van der Waals surface area contributed by atoms with Gasteiger partial charge in [-0.15, -0.1) is 5.10 Å². The van der Waals surface area contributed by atoms with Crippen molar-refractivity contribution in [3.63, 3.8) is 0 Å². The van der Waals surface area contributed by atoms with Crippen molar-refractivity contribution in [2.75, 3.05) is 19.7 Å². The normalized spacial score (nSPS) is 11.5. The van der Waals surface area contributed by atoms with Gasteiger partial charge in [0.1, 0.15) is 5.69 Å². The molecule has 0 amide bonds. The zero-order valence-corrected chi connectivity index (χ0v) is 16.5. The Labute approximate surface area is 155 Å². The standard InChI is InChI=1S/C20H30N4O2/c1-6-26-20(25)19-18(21-23-22-19)17-10-8-7-9-16(17)13-24(11-14(2)3)12-15(4)5/h7-10,14-15H,6,11-13H2,1-5H3,(H,21,22,23). The molecule has 0 unspecified atom stereocenters. The van der Waals surface area contributed by atoms with E-state index in [1.807, 2.05) is 18.2 Å². The van der Waals surface area contributed by atoms with Crippen LogP contribution in [0.2, 0.25) is 0 Å². The molecule has 0 aliphatic rings. The molecule has 6 heteroatoms. The van der Waals surface area contributed by atoms with Crippen molar-refractivity contribution >= 4 is 5.97 Å². The lowest BCUT2D eigenvalue weighted by molar-refractivity contribution is 0.0520. The molecule has 1 N–H and O–H groups in total. The summed E-state index contributed by atoms with van der Waals surface area (Å²) in [6.45, 7) is 13.9. The van der Waals surface area contributed by atoms with E-state index in [9.17, 15) is 4.79 Å². The highest BCUT2D eigenvalue weighted by Gasteiger charge is 2.22. The molecule has 0 atom stereocenters. The number of ether oxygens (including phenoxy) is 1. The van der Waals surface area contributed by atoms with Crippen molar-refractivity contribution in [2.24, 2.45) is 11.8 Å². The van der Waals surface area contributed by atoms with E-state index in [0.29, 0.717) is 24.1 Å². The summed E-state index contributed by atoms with van der Waals surface area (Å²) in [5.41, 5.74) is 2.83. The second-order valence-electron chi connectivity index (χ2n) is 7.38. The van der Waals surface area contributed by atoms with Gasteiger partial charge in [-0.25, -0.2) is 4.79 Å². The van der Waals surface area contributed by atoms with Gasteiger partial charge in [0, 0.05) is 25.2 Å². The van der Waals surface area contributed by atoms with Crippen LogP contribution in [0.1, 0.15) is 50.7 Å². The van der Waals surface area contributed by atoms with Crippen molar-refractivity contribution in [2.45, 2.75) is 41.2 Å². The van der Waals surface area contributed by atoms with E-state index >= 15 is 0 Å². The fourth-order valence-corrected chi connectivity index (χ4v) is 3.13. The molecule has 0 bridgehead atoms. The summed E-state index contributed by atoms with van der Waals surface area (Å²) in [7, 11) is 0. The lowest BCUT2D eigenvalue weighted by atomic mass is 10.0. The maximum absolute atomic E-state index is 12.2. The van der Waals surface area contributed by atoms with Gasteiger partial charge in [-0.05, 0) is 24.3 Å². The number of aromatic amines is 1. The number of benzene rings is 1. The highest BCUT2D eigenvalue weighted by molar-refractivity contribution is 5.94. The largest absolute Gasteiger partial charge is 0.461 e. The summed E-state index contributed by atoms with van der Waals surface area (Å²) in [5.74, 6) is 0.721. The van der Waals surface area contributed by atoms with Crippen LogP contribution in [0.3, 0.4) is 0 Å². The molecule has 0 fully saturated rings. The molecule has 0 saturated carbocycles. The maximum Gasteiger partial charge on any atom is 0.361 e. The van der Waals surface area contributed by atoms with Crippen LogP contribution in [0.25, 0.3) is 11.3 Å². The van der Waals surface area contributed by atoms with Crippen molar-refractivity contribution in [3.8, 4) is 11.3 Å². The number of nitrogens with one attached hydrogen (secondary N) is 1. The summed E-state index contributed by atoms with van der Waals surface area (Å²) in [6, 6.07) is 8.05. The van der Waals surface area contributed by atoms with E-state index < -0.39 is 5.97 Å². The third-order valence-corrected chi connectivity index (χ3v) is 3.93. The lowest BCUT2D eigenvalue weighted by Gasteiger charge is -2.27. The van der Waals surface area contributed by atoms with E-state index in [4.69, 9.17) is 4.74 Å². The summed E-state index contributed by atoms with van der Waals surface area (Å²) >= 11 is 0. The van der Waals surface area contributed by atoms with Gasteiger partial charge in [0.05, 0.1) is 6.61 Å². The zero-order chi connectivity index (χ0) is 19.1. The van der Waals surface area contributed by atoms with Crippen LogP contribution in [0.5, 0.6) is 0 Å². The number of hydrogen-bond donors (Lipinski definition) is 1. The fourth-order valence-electron chi connectivity index (χ4n) is 3.13. The molecule has 1 heterocycles. The summed E-state index contributed by atoms with van der Waals surface area (Å²) in [4.78, 5) is 14.6. The molecule has 0 radical (unpaired) electrons. The molecular formula is C20H30N4O2. The highest BCUT2D eigenvalue weighted by Crippen LogP contribution is 2.26. The molecule has 1 aromatic carbocycles. The van der Waals surface area contributed by atoms with Crippen molar-refractivity contribution in [3.05, 3.63) is 35.5 Å². The average molecular weight is 358 g/mol. The molecule has 2 rings (SSSR count). The third-order valence-electron chi connectivity index (χ3n) is 3.93. The SMILES string of the molecule is CCOC(=O)c1n[nH]nc1-c1ccccc1CN(CC(C)C)CC(C)C. The van der Waals surface area contributed by atoms with Crippen LogP contribution >= 0.6 is 0 Å². The molecule has 0 aliphatic carbocycles. The summed E-state index contributed by atoms with van der Waals surface area (Å²) in [6.07, 6.45) is 0. The van der Waals surface area contributed by atoms with Gasteiger partial charge in [0.2, 0.25) is 0 Å². The molecule has 2 aromatic rings. The van der Waals surface area contributed by atoms with E-state index in [0.717, 1.165) is 30.8 Å². The molecule has 0 spiro atoms. The first-order valence-electron chi connectivity index (χ1n) is 9.30. The Balaban J connectivity index is 2.33. The van der Waals surface area contributed by atoms with Crippen LogP contribution in [-0.2, 0) is 11.3 Å². The van der Waals surface area contributed by atoms with Gasteiger partial charge in [0.15, 0.2) is 5.69 Å². The predicted molar refractivity (Wildman–Crippen MR) is 103 cm³/mol. The summed E-state index contributed by atoms with van der Waals surface area (Å²) in [5, 5.41) is 10.8. The molecule has 1 aromatic heterocycles. The number of rotatable bonds is 9. The Kier molecular flexibility index (Phi) is 7.33. The minimum atomic E-state index is -0.452. The van der Waals surface area contributed by atoms with Crippen molar-refractivity contribution < 1.29 is 9.53 Å². The zero-order valence-electron chi connectivity index (χ0n) is 16.5. The summed E-state index contributed by atoms with van der Waals surface area (Å²) < 4.78 is 5.10. The van der Waals surface area contributed by atoms with E-state index in [-0.39, 0.29) is 5.69 Å². The fraction of sp³-hybridized carbons (Fsp3) is 0.550. The van der Waals surface area contributed by atoms with Crippen LogP contribution in [0.15, 0.2) is 24.3 Å². The topological polar surface area (TPSA) is 71.1 Å². The average Bonchev–Trinajstić information content (AvgIpc) is 3.04. The van der Waals surface area contributed by atoms with Gasteiger partial charge in [-0.3, -0.25) is 4.90 Å².